The summed E-state index contributed by atoms with van der Waals surface area (Å²) in [6.45, 7) is 6.49. The molecule has 0 unspecified atom stereocenters. The first kappa shape index (κ1) is 17.9. The molecule has 0 aliphatic carbocycles. The van der Waals surface area contributed by atoms with E-state index in [1.807, 2.05) is 17.8 Å². The number of nitrogens with two attached hydrogens (primary N) is 1. The zero-order valence-corrected chi connectivity index (χ0v) is 15.6. The van der Waals surface area contributed by atoms with E-state index < -0.39 is 5.91 Å². The van der Waals surface area contributed by atoms with Crippen molar-refractivity contribution in [1.82, 2.24) is 19.7 Å². The Kier molecular flexibility index (Phi) is 4.84. The van der Waals surface area contributed by atoms with E-state index in [2.05, 4.69) is 21.0 Å². The maximum atomic E-state index is 11.4. The number of amides is 1. The Morgan fingerprint density at radius 2 is 2.15 bits per heavy atom. The Morgan fingerprint density at radius 3 is 2.89 bits per heavy atom. The van der Waals surface area contributed by atoms with Crippen LogP contribution in [0.15, 0.2) is 24.5 Å². The van der Waals surface area contributed by atoms with E-state index in [-0.39, 0.29) is 5.60 Å². The van der Waals surface area contributed by atoms with Crippen LogP contribution in [0.4, 0.5) is 0 Å². The van der Waals surface area contributed by atoms with Crippen molar-refractivity contribution in [3.05, 3.63) is 41.5 Å². The average Bonchev–Trinajstić information content (AvgIpc) is 3.08. The fourth-order valence-electron chi connectivity index (χ4n) is 3.85. The number of ether oxygens (including phenoxy) is 2. The van der Waals surface area contributed by atoms with Crippen LogP contribution in [0.5, 0.6) is 5.75 Å². The Morgan fingerprint density at radius 1 is 1.33 bits per heavy atom. The van der Waals surface area contributed by atoms with Crippen LogP contribution >= 0.6 is 0 Å². The van der Waals surface area contributed by atoms with Gasteiger partial charge in [-0.15, -0.1) is 0 Å². The average molecular weight is 371 g/mol. The van der Waals surface area contributed by atoms with Crippen molar-refractivity contribution in [2.24, 2.45) is 5.73 Å². The number of hydrogen-bond acceptors (Lipinski definition) is 6. The first-order chi connectivity index (χ1) is 13.1. The van der Waals surface area contributed by atoms with Gasteiger partial charge < -0.3 is 15.2 Å². The van der Waals surface area contributed by atoms with Gasteiger partial charge in [0.15, 0.2) is 0 Å². The van der Waals surface area contributed by atoms with Crippen LogP contribution in [0.1, 0.15) is 41.5 Å². The van der Waals surface area contributed by atoms with Crippen LogP contribution in [-0.2, 0) is 24.4 Å². The van der Waals surface area contributed by atoms with E-state index in [1.165, 1.54) is 0 Å². The van der Waals surface area contributed by atoms with Crippen LogP contribution in [0, 0.1) is 0 Å². The highest BCUT2D eigenvalue weighted by molar-refractivity contribution is 5.90. The smallest absolute Gasteiger partial charge is 0.269 e. The van der Waals surface area contributed by atoms with Gasteiger partial charge in [-0.05, 0) is 37.5 Å². The number of hydrogen-bond donors (Lipinski definition) is 1. The van der Waals surface area contributed by atoms with Gasteiger partial charge in [-0.2, -0.15) is 5.10 Å². The highest BCUT2D eigenvalue weighted by atomic mass is 16.5. The summed E-state index contributed by atoms with van der Waals surface area (Å²) in [5, 5.41) is 4.34. The fourth-order valence-corrected chi connectivity index (χ4v) is 3.85. The fraction of sp³-hybridized carbons (Fsp3) is 0.526. The van der Waals surface area contributed by atoms with Gasteiger partial charge in [0.05, 0.1) is 37.3 Å². The molecule has 0 bridgehead atoms. The summed E-state index contributed by atoms with van der Waals surface area (Å²) in [7, 11) is 0. The number of primary amides is 1. The van der Waals surface area contributed by atoms with Gasteiger partial charge in [-0.3, -0.25) is 19.4 Å². The maximum Gasteiger partial charge on any atom is 0.269 e. The highest BCUT2D eigenvalue weighted by Crippen LogP contribution is 2.33. The van der Waals surface area contributed by atoms with Crippen molar-refractivity contribution < 1.29 is 14.3 Å². The standard InChI is InChI=1S/C19H25N5O3/c1-2-26-16-7-14(9-21-10-16)11-23-5-3-19(4-6-23)13-24-15(12-27-19)8-17(22-24)18(20)25/h7-10H,2-6,11-13H2,1H3,(H2,20,25). The molecule has 2 aliphatic heterocycles. The van der Waals surface area contributed by atoms with Gasteiger partial charge in [0.25, 0.3) is 5.91 Å². The molecule has 2 aromatic heterocycles. The Bertz CT molecular complexity index is 827. The first-order valence-corrected chi connectivity index (χ1v) is 9.36. The minimum Gasteiger partial charge on any atom is -0.492 e. The van der Waals surface area contributed by atoms with Crippen LogP contribution in [0.3, 0.4) is 0 Å². The second-order valence-corrected chi connectivity index (χ2v) is 7.25. The monoisotopic (exact) mass is 371 g/mol. The first-order valence-electron chi connectivity index (χ1n) is 9.36. The number of rotatable bonds is 5. The van der Waals surface area contributed by atoms with Crippen molar-refractivity contribution in [2.45, 2.75) is 45.1 Å². The van der Waals surface area contributed by atoms with Gasteiger partial charge in [0.2, 0.25) is 0 Å². The summed E-state index contributed by atoms with van der Waals surface area (Å²) < 4.78 is 13.6. The summed E-state index contributed by atoms with van der Waals surface area (Å²) in [5.41, 5.74) is 7.51. The van der Waals surface area contributed by atoms with E-state index in [0.29, 0.717) is 25.5 Å². The molecule has 1 fully saturated rings. The van der Waals surface area contributed by atoms with Gasteiger partial charge in [0, 0.05) is 25.8 Å². The normalized spacial score (nSPS) is 19.0. The molecule has 4 heterocycles. The third-order valence-electron chi connectivity index (χ3n) is 5.33. The molecule has 2 N–H and O–H groups in total. The lowest BCUT2D eigenvalue weighted by Crippen LogP contribution is -2.50. The maximum absolute atomic E-state index is 11.4. The Labute approximate surface area is 158 Å². The molecular weight excluding hydrogens is 346 g/mol. The number of pyridine rings is 1. The molecule has 1 saturated heterocycles. The predicted octanol–water partition coefficient (Wildman–Crippen LogP) is 1.34. The predicted molar refractivity (Wildman–Crippen MR) is 98.2 cm³/mol. The number of fused-ring (bicyclic) bond motifs is 1. The molecule has 0 aromatic carbocycles. The molecule has 0 radical (unpaired) electrons. The molecule has 2 aliphatic rings. The Hall–Kier alpha value is -2.45. The van der Waals surface area contributed by atoms with Gasteiger partial charge in [0.1, 0.15) is 11.4 Å². The van der Waals surface area contributed by atoms with Gasteiger partial charge in [-0.1, -0.05) is 0 Å². The second-order valence-electron chi connectivity index (χ2n) is 7.25. The molecule has 8 heteroatoms. The lowest BCUT2D eigenvalue weighted by Gasteiger charge is -2.43. The lowest BCUT2D eigenvalue weighted by molar-refractivity contribution is -0.124. The summed E-state index contributed by atoms with van der Waals surface area (Å²) in [6, 6.07) is 3.78. The molecule has 0 atom stereocenters. The summed E-state index contributed by atoms with van der Waals surface area (Å²) >= 11 is 0. The van der Waals surface area contributed by atoms with Crippen molar-refractivity contribution in [3.8, 4) is 5.75 Å². The SMILES string of the molecule is CCOc1cncc(CN2CCC3(CC2)Cn2nc(C(N)=O)cc2CO3)c1. The van der Waals surface area contributed by atoms with Crippen LogP contribution < -0.4 is 10.5 Å². The molecule has 2 aromatic rings. The van der Waals surface area contributed by atoms with Crippen LogP contribution in [-0.4, -0.2) is 50.9 Å². The van der Waals surface area contributed by atoms with Crippen LogP contribution in [0.25, 0.3) is 0 Å². The van der Waals surface area contributed by atoms with E-state index in [4.69, 9.17) is 15.2 Å². The summed E-state index contributed by atoms with van der Waals surface area (Å²) in [5.74, 6) is 0.319. The van der Waals surface area contributed by atoms with E-state index in [1.54, 1.807) is 12.3 Å². The second kappa shape index (κ2) is 7.28. The minimum atomic E-state index is -0.497. The number of piperidine rings is 1. The third-order valence-corrected chi connectivity index (χ3v) is 5.33. The van der Waals surface area contributed by atoms with Gasteiger partial charge >= 0.3 is 0 Å². The van der Waals surface area contributed by atoms with E-state index in [9.17, 15) is 4.79 Å². The highest BCUT2D eigenvalue weighted by Gasteiger charge is 2.39. The quantitative estimate of drug-likeness (QED) is 0.852. The van der Waals surface area contributed by atoms with E-state index in [0.717, 1.165) is 49.5 Å². The van der Waals surface area contributed by atoms with Crippen molar-refractivity contribution in [3.63, 3.8) is 0 Å². The number of carbonyl (C=O) groups is 1. The third kappa shape index (κ3) is 3.81. The molecule has 1 spiro atoms. The van der Waals surface area contributed by atoms with Crippen molar-refractivity contribution >= 4 is 5.91 Å². The van der Waals surface area contributed by atoms with Crippen LogP contribution in [0.2, 0.25) is 0 Å². The van der Waals surface area contributed by atoms with Crippen molar-refractivity contribution in [1.29, 1.82) is 0 Å². The largest absolute Gasteiger partial charge is 0.492 e. The summed E-state index contributed by atoms with van der Waals surface area (Å²) in [4.78, 5) is 18.0. The van der Waals surface area contributed by atoms with Gasteiger partial charge in [-0.25, -0.2) is 0 Å². The zero-order valence-electron chi connectivity index (χ0n) is 15.6. The zero-order chi connectivity index (χ0) is 18.9. The Balaban J connectivity index is 1.37. The topological polar surface area (TPSA) is 95.5 Å². The molecular formula is C19H25N5O3. The molecule has 0 saturated carbocycles. The molecule has 1 amide bonds. The number of aromatic nitrogens is 3. The molecule has 8 nitrogen and oxygen atoms in total. The molecule has 27 heavy (non-hydrogen) atoms. The summed E-state index contributed by atoms with van der Waals surface area (Å²) in [6.07, 6.45) is 5.50. The minimum absolute atomic E-state index is 0.212. The van der Waals surface area contributed by atoms with E-state index >= 15 is 0 Å². The molecule has 4 rings (SSSR count). The number of nitrogens with zero attached hydrogens (tertiary/aromatic N) is 4. The lowest BCUT2D eigenvalue weighted by atomic mass is 9.90. The molecule has 144 valence electrons. The number of likely N-dealkylation sites (tertiary alicyclic amines) is 1. The number of carbonyl (C=O) groups excluding carboxylic acids is 1. The van der Waals surface area contributed by atoms with Crippen molar-refractivity contribution in [2.75, 3.05) is 19.7 Å².